The highest BCUT2D eigenvalue weighted by molar-refractivity contribution is 6.32. The number of amides is 1. The molecule has 0 N–H and O–H groups in total. The summed E-state index contributed by atoms with van der Waals surface area (Å²) in [5.74, 6) is 0. The molecule has 110 valence electrons. The SMILES string of the molecule is CC1Cc2c(Cl)nc(Cl)nc2CN1C(=O)OC(C)(C)C. The Morgan fingerprint density at radius 1 is 1.35 bits per heavy atom. The predicted octanol–water partition coefficient (Wildman–Crippen LogP) is 3.47. The first-order valence-electron chi connectivity index (χ1n) is 6.38. The summed E-state index contributed by atoms with van der Waals surface area (Å²) in [4.78, 5) is 21.9. The summed E-state index contributed by atoms with van der Waals surface area (Å²) in [6.45, 7) is 7.78. The minimum Gasteiger partial charge on any atom is -0.444 e. The first-order chi connectivity index (χ1) is 9.17. The van der Waals surface area contributed by atoms with Gasteiger partial charge in [0.1, 0.15) is 10.8 Å². The topological polar surface area (TPSA) is 55.3 Å². The normalized spacial score (nSPS) is 18.7. The maximum Gasteiger partial charge on any atom is 0.410 e. The second-order valence-electron chi connectivity index (χ2n) is 5.87. The maximum atomic E-state index is 12.2. The Labute approximate surface area is 128 Å². The number of halogens is 2. The van der Waals surface area contributed by atoms with E-state index in [1.54, 1.807) is 4.90 Å². The number of hydrogen-bond acceptors (Lipinski definition) is 4. The summed E-state index contributed by atoms with van der Waals surface area (Å²) in [7, 11) is 0. The summed E-state index contributed by atoms with van der Waals surface area (Å²) < 4.78 is 5.40. The zero-order chi connectivity index (χ0) is 15.1. The zero-order valence-corrected chi connectivity index (χ0v) is 13.4. The van der Waals surface area contributed by atoms with Crippen LogP contribution in [0.4, 0.5) is 4.79 Å². The van der Waals surface area contributed by atoms with Gasteiger partial charge in [0.15, 0.2) is 0 Å². The van der Waals surface area contributed by atoms with Gasteiger partial charge in [-0.2, -0.15) is 0 Å². The molecule has 2 heterocycles. The van der Waals surface area contributed by atoms with Gasteiger partial charge in [0.2, 0.25) is 5.28 Å². The van der Waals surface area contributed by atoms with E-state index in [9.17, 15) is 4.79 Å². The van der Waals surface area contributed by atoms with Gasteiger partial charge in [-0.3, -0.25) is 4.90 Å². The lowest BCUT2D eigenvalue weighted by Crippen LogP contribution is -2.45. The lowest BCUT2D eigenvalue weighted by atomic mass is 10.0. The van der Waals surface area contributed by atoms with E-state index in [4.69, 9.17) is 27.9 Å². The van der Waals surface area contributed by atoms with Crippen molar-refractivity contribution in [3.05, 3.63) is 21.7 Å². The molecule has 20 heavy (non-hydrogen) atoms. The number of hydrogen-bond donors (Lipinski definition) is 0. The van der Waals surface area contributed by atoms with E-state index >= 15 is 0 Å². The fourth-order valence-corrected chi connectivity index (χ4v) is 2.59. The van der Waals surface area contributed by atoms with E-state index in [0.29, 0.717) is 23.8 Å². The average Bonchev–Trinajstić information content (AvgIpc) is 2.27. The molecule has 0 saturated heterocycles. The molecule has 0 spiro atoms. The van der Waals surface area contributed by atoms with Gasteiger partial charge < -0.3 is 4.74 Å². The molecule has 0 bridgehead atoms. The minimum atomic E-state index is -0.530. The van der Waals surface area contributed by atoms with Crippen molar-refractivity contribution in [2.24, 2.45) is 0 Å². The molecular formula is C13H17Cl2N3O2. The quantitative estimate of drug-likeness (QED) is 0.543. The highest BCUT2D eigenvalue weighted by Gasteiger charge is 2.32. The fraction of sp³-hybridized carbons (Fsp3) is 0.615. The van der Waals surface area contributed by atoms with E-state index in [-0.39, 0.29) is 17.4 Å². The molecule has 1 aliphatic heterocycles. The molecule has 1 aliphatic rings. The van der Waals surface area contributed by atoms with Crippen molar-refractivity contribution in [1.29, 1.82) is 0 Å². The van der Waals surface area contributed by atoms with Crippen LogP contribution in [0.1, 0.15) is 39.0 Å². The van der Waals surface area contributed by atoms with E-state index in [1.807, 2.05) is 27.7 Å². The number of fused-ring (bicyclic) bond motifs is 1. The number of carbonyl (C=O) groups excluding carboxylic acids is 1. The summed E-state index contributed by atoms with van der Waals surface area (Å²) in [6, 6.07) is -0.0281. The minimum absolute atomic E-state index is 0.0281. The summed E-state index contributed by atoms with van der Waals surface area (Å²) in [5, 5.41) is 0.447. The first-order valence-corrected chi connectivity index (χ1v) is 7.13. The molecule has 0 fully saturated rings. The molecule has 1 unspecified atom stereocenters. The molecule has 1 aromatic rings. The van der Waals surface area contributed by atoms with Crippen LogP contribution in [0.5, 0.6) is 0 Å². The molecule has 7 heteroatoms. The van der Waals surface area contributed by atoms with Gasteiger partial charge in [-0.25, -0.2) is 14.8 Å². The van der Waals surface area contributed by atoms with Gasteiger partial charge in [0.05, 0.1) is 12.2 Å². The number of aromatic nitrogens is 2. The van der Waals surface area contributed by atoms with Gasteiger partial charge in [-0.15, -0.1) is 0 Å². The van der Waals surface area contributed by atoms with Crippen LogP contribution in [0.2, 0.25) is 10.4 Å². The molecular weight excluding hydrogens is 301 g/mol. The van der Waals surface area contributed by atoms with Crippen LogP contribution in [-0.2, 0) is 17.7 Å². The highest BCUT2D eigenvalue weighted by atomic mass is 35.5. The van der Waals surface area contributed by atoms with Crippen LogP contribution in [0.3, 0.4) is 0 Å². The smallest absolute Gasteiger partial charge is 0.410 e. The first kappa shape index (κ1) is 15.3. The second kappa shape index (κ2) is 5.37. The third-order valence-corrected chi connectivity index (χ3v) is 3.48. The monoisotopic (exact) mass is 317 g/mol. The van der Waals surface area contributed by atoms with E-state index in [1.165, 1.54) is 0 Å². The summed E-state index contributed by atoms with van der Waals surface area (Å²) in [6.07, 6.45) is 0.228. The Balaban J connectivity index is 2.25. The maximum absolute atomic E-state index is 12.2. The van der Waals surface area contributed by atoms with Gasteiger partial charge >= 0.3 is 6.09 Å². The Bertz CT molecular complexity index is 543. The van der Waals surface area contributed by atoms with Crippen LogP contribution >= 0.6 is 23.2 Å². The summed E-state index contributed by atoms with van der Waals surface area (Å²) in [5.41, 5.74) is 1.00. The van der Waals surface area contributed by atoms with Gasteiger partial charge in [-0.1, -0.05) is 11.6 Å². The molecule has 1 amide bonds. The molecule has 1 aromatic heterocycles. The Morgan fingerprint density at radius 3 is 2.60 bits per heavy atom. The van der Waals surface area contributed by atoms with E-state index in [2.05, 4.69) is 9.97 Å². The molecule has 0 aliphatic carbocycles. The van der Waals surface area contributed by atoms with Crippen molar-refractivity contribution in [3.8, 4) is 0 Å². The predicted molar refractivity (Wildman–Crippen MR) is 77.0 cm³/mol. The molecule has 0 radical (unpaired) electrons. The molecule has 2 rings (SSSR count). The third kappa shape index (κ3) is 3.33. The highest BCUT2D eigenvalue weighted by Crippen LogP contribution is 2.28. The van der Waals surface area contributed by atoms with Crippen LogP contribution in [0.25, 0.3) is 0 Å². The van der Waals surface area contributed by atoms with Crippen molar-refractivity contribution in [3.63, 3.8) is 0 Å². The molecule has 1 atom stereocenters. The van der Waals surface area contributed by atoms with Crippen LogP contribution in [-0.4, -0.2) is 32.6 Å². The van der Waals surface area contributed by atoms with Gasteiger partial charge in [-0.05, 0) is 45.7 Å². The lowest BCUT2D eigenvalue weighted by Gasteiger charge is -2.35. The third-order valence-electron chi connectivity index (χ3n) is 2.99. The van der Waals surface area contributed by atoms with Crippen LogP contribution in [0.15, 0.2) is 0 Å². The number of rotatable bonds is 0. The van der Waals surface area contributed by atoms with Crippen LogP contribution in [0, 0.1) is 0 Å². The second-order valence-corrected chi connectivity index (χ2v) is 6.57. The summed E-state index contributed by atoms with van der Waals surface area (Å²) >= 11 is 11.9. The van der Waals surface area contributed by atoms with E-state index < -0.39 is 5.60 Å². The van der Waals surface area contributed by atoms with Crippen molar-refractivity contribution in [2.75, 3.05) is 0 Å². The largest absolute Gasteiger partial charge is 0.444 e. The molecule has 5 nitrogen and oxygen atoms in total. The number of ether oxygens (including phenoxy) is 1. The molecule has 0 saturated carbocycles. The van der Waals surface area contributed by atoms with Crippen molar-refractivity contribution >= 4 is 29.3 Å². The van der Waals surface area contributed by atoms with Crippen molar-refractivity contribution in [1.82, 2.24) is 14.9 Å². The Morgan fingerprint density at radius 2 is 2.00 bits per heavy atom. The fourth-order valence-electron chi connectivity index (χ4n) is 2.09. The Kier molecular flexibility index (Phi) is 4.12. The van der Waals surface area contributed by atoms with Crippen molar-refractivity contribution in [2.45, 2.75) is 52.3 Å². The van der Waals surface area contributed by atoms with Crippen molar-refractivity contribution < 1.29 is 9.53 Å². The van der Waals surface area contributed by atoms with E-state index in [0.717, 1.165) is 5.56 Å². The standard InChI is InChI=1S/C13H17Cl2N3O2/c1-7-5-8-9(16-11(15)17-10(8)14)6-18(7)12(19)20-13(2,3)4/h7H,5-6H2,1-4H3. The number of carbonyl (C=O) groups is 1. The van der Waals surface area contributed by atoms with Crippen LogP contribution < -0.4 is 0 Å². The Hall–Kier alpha value is -1.07. The average molecular weight is 318 g/mol. The van der Waals surface area contributed by atoms with Gasteiger partial charge in [0, 0.05) is 11.6 Å². The van der Waals surface area contributed by atoms with Gasteiger partial charge in [0.25, 0.3) is 0 Å². The zero-order valence-electron chi connectivity index (χ0n) is 11.9. The lowest BCUT2D eigenvalue weighted by molar-refractivity contribution is 0.0134. The molecule has 0 aromatic carbocycles. The number of nitrogens with zero attached hydrogens (tertiary/aromatic N) is 3.